The van der Waals surface area contributed by atoms with Gasteiger partial charge in [-0.05, 0) is 43.8 Å². The third-order valence-electron chi connectivity index (χ3n) is 3.49. The van der Waals surface area contributed by atoms with E-state index < -0.39 is 14.9 Å². The molecule has 2 aromatic carbocycles. The summed E-state index contributed by atoms with van der Waals surface area (Å²) in [5.41, 5.74) is 0.903. The number of hydrogen-bond acceptors (Lipinski definition) is 5. The van der Waals surface area contributed by atoms with Gasteiger partial charge in [-0.25, -0.2) is 13.1 Å². The topological polar surface area (TPSA) is 101 Å². The molecule has 0 amide bonds. The number of nitro benzene ring substituents is 1. The molecular weight excluding hydrogens is 398 g/mol. The number of nitrogens with one attached hydrogen (secondary N) is 2. The molecule has 2 N–H and O–H groups in total. The van der Waals surface area contributed by atoms with Gasteiger partial charge >= 0.3 is 0 Å². The Labute approximate surface area is 148 Å². The molecule has 0 unspecified atom stereocenters. The lowest BCUT2D eigenvalue weighted by Crippen LogP contribution is -2.19. The van der Waals surface area contributed by atoms with E-state index in [2.05, 4.69) is 26.0 Å². The minimum atomic E-state index is -3.74. The zero-order chi connectivity index (χ0) is 17.9. The van der Waals surface area contributed by atoms with Crippen LogP contribution in [0.4, 0.5) is 11.4 Å². The Kier molecular flexibility index (Phi) is 5.58. The lowest BCUT2D eigenvalue weighted by molar-refractivity contribution is -0.384. The van der Waals surface area contributed by atoms with Crippen LogP contribution in [0.25, 0.3) is 0 Å². The molecule has 0 aromatic heterocycles. The van der Waals surface area contributed by atoms with Crippen molar-refractivity contribution in [1.82, 2.24) is 4.72 Å². The Bertz CT molecular complexity index is 854. The minimum Gasteiger partial charge on any atom is -0.373 e. The van der Waals surface area contributed by atoms with E-state index in [9.17, 15) is 18.5 Å². The molecule has 1 atom stereocenters. The Hall–Kier alpha value is -1.97. The highest BCUT2D eigenvalue weighted by atomic mass is 79.9. The van der Waals surface area contributed by atoms with Crippen LogP contribution in [0.15, 0.2) is 51.8 Å². The largest absolute Gasteiger partial charge is 0.373 e. The number of benzene rings is 2. The highest BCUT2D eigenvalue weighted by Crippen LogP contribution is 2.30. The molecule has 0 aliphatic heterocycles. The maximum atomic E-state index is 11.8. The van der Waals surface area contributed by atoms with Gasteiger partial charge < -0.3 is 5.32 Å². The average molecular weight is 414 g/mol. The van der Waals surface area contributed by atoms with E-state index in [1.54, 1.807) is 0 Å². The van der Waals surface area contributed by atoms with Crippen LogP contribution >= 0.6 is 15.9 Å². The molecule has 24 heavy (non-hydrogen) atoms. The molecule has 2 aromatic rings. The maximum Gasteiger partial charge on any atom is 0.293 e. The predicted molar refractivity (Wildman–Crippen MR) is 95.5 cm³/mol. The summed E-state index contributed by atoms with van der Waals surface area (Å²) in [7, 11) is -2.49. The summed E-state index contributed by atoms with van der Waals surface area (Å²) < 4.78 is 26.7. The lowest BCUT2D eigenvalue weighted by atomic mass is 10.1. The van der Waals surface area contributed by atoms with Gasteiger partial charge in [-0.2, -0.15) is 0 Å². The molecule has 128 valence electrons. The van der Waals surface area contributed by atoms with Gasteiger partial charge in [0.2, 0.25) is 10.0 Å². The quantitative estimate of drug-likeness (QED) is 0.557. The predicted octanol–water partition coefficient (Wildman–Crippen LogP) is 3.44. The zero-order valence-electron chi connectivity index (χ0n) is 13.0. The van der Waals surface area contributed by atoms with Gasteiger partial charge in [0.25, 0.3) is 5.69 Å². The van der Waals surface area contributed by atoms with Crippen LogP contribution in [0.1, 0.15) is 18.5 Å². The van der Waals surface area contributed by atoms with E-state index in [0.717, 1.165) is 16.1 Å². The minimum absolute atomic E-state index is 0.154. The maximum absolute atomic E-state index is 11.8. The molecule has 0 aliphatic carbocycles. The molecule has 7 nitrogen and oxygen atoms in total. The first-order chi connectivity index (χ1) is 11.2. The fourth-order valence-electron chi connectivity index (χ4n) is 2.14. The van der Waals surface area contributed by atoms with Crippen LogP contribution in [-0.2, 0) is 10.0 Å². The second-order valence-corrected chi connectivity index (χ2v) is 7.86. The number of nitrogens with zero attached hydrogens (tertiary/aromatic N) is 1. The van der Waals surface area contributed by atoms with Crippen molar-refractivity contribution in [2.45, 2.75) is 17.9 Å². The van der Waals surface area contributed by atoms with Gasteiger partial charge in [-0.15, -0.1) is 0 Å². The molecule has 0 radical (unpaired) electrons. The Morgan fingerprint density at radius 1 is 1.17 bits per heavy atom. The van der Waals surface area contributed by atoms with E-state index >= 15 is 0 Å². The standard InChI is InChI=1S/C15H16BrN3O4S/c1-10(11-3-5-12(16)6-4-11)18-14-8-7-13(24(22,23)17-2)9-15(14)19(20)21/h3-10,17-18H,1-2H3/t10-/m0/s1. The van der Waals surface area contributed by atoms with E-state index in [-0.39, 0.29) is 22.3 Å². The lowest BCUT2D eigenvalue weighted by Gasteiger charge is -2.16. The Morgan fingerprint density at radius 2 is 1.79 bits per heavy atom. The molecule has 0 spiro atoms. The van der Waals surface area contributed by atoms with Gasteiger partial charge in [-0.1, -0.05) is 28.1 Å². The summed E-state index contributed by atoms with van der Waals surface area (Å²) in [6.45, 7) is 1.87. The summed E-state index contributed by atoms with van der Waals surface area (Å²) in [6, 6.07) is 11.1. The molecule has 0 bridgehead atoms. The second-order valence-electron chi connectivity index (χ2n) is 5.06. The van der Waals surface area contributed by atoms with E-state index in [0.29, 0.717) is 0 Å². The van der Waals surface area contributed by atoms with Gasteiger partial charge in [-0.3, -0.25) is 10.1 Å². The van der Waals surface area contributed by atoms with E-state index in [1.807, 2.05) is 31.2 Å². The molecule has 9 heteroatoms. The SMILES string of the molecule is CNS(=O)(=O)c1ccc(N[C@@H](C)c2ccc(Br)cc2)c([N+](=O)[O-])c1. The van der Waals surface area contributed by atoms with E-state index in [1.165, 1.54) is 19.2 Å². The number of sulfonamides is 1. The van der Waals surface area contributed by atoms with Crippen LogP contribution in [0.5, 0.6) is 0 Å². The molecular formula is C15H16BrN3O4S. The fourth-order valence-corrected chi connectivity index (χ4v) is 3.15. The van der Waals surface area contributed by atoms with Crippen molar-refractivity contribution in [2.24, 2.45) is 0 Å². The monoisotopic (exact) mass is 413 g/mol. The summed E-state index contributed by atoms with van der Waals surface area (Å²) in [5, 5.41) is 14.3. The van der Waals surface area contributed by atoms with Crippen LogP contribution in [0.2, 0.25) is 0 Å². The van der Waals surface area contributed by atoms with Gasteiger partial charge in [0, 0.05) is 16.6 Å². The van der Waals surface area contributed by atoms with Gasteiger partial charge in [0.1, 0.15) is 5.69 Å². The number of halogens is 1. The zero-order valence-corrected chi connectivity index (χ0v) is 15.4. The highest BCUT2D eigenvalue weighted by molar-refractivity contribution is 9.10. The van der Waals surface area contributed by atoms with Crippen molar-refractivity contribution in [3.05, 3.63) is 62.6 Å². The van der Waals surface area contributed by atoms with Gasteiger partial charge in [0.15, 0.2) is 0 Å². The van der Waals surface area contributed by atoms with Crippen molar-refractivity contribution in [1.29, 1.82) is 0 Å². The van der Waals surface area contributed by atoms with E-state index in [4.69, 9.17) is 0 Å². The van der Waals surface area contributed by atoms with Crippen LogP contribution in [0, 0.1) is 10.1 Å². The normalized spacial score (nSPS) is 12.6. The highest BCUT2D eigenvalue weighted by Gasteiger charge is 2.21. The average Bonchev–Trinajstić information content (AvgIpc) is 2.55. The third-order valence-corrected chi connectivity index (χ3v) is 5.43. The smallest absolute Gasteiger partial charge is 0.293 e. The van der Waals surface area contributed by atoms with Crippen molar-refractivity contribution in [3.8, 4) is 0 Å². The number of hydrogen-bond donors (Lipinski definition) is 2. The molecule has 0 saturated carbocycles. The molecule has 2 rings (SSSR count). The fraction of sp³-hybridized carbons (Fsp3) is 0.200. The number of nitro groups is 1. The third kappa shape index (κ3) is 4.11. The number of rotatable bonds is 6. The molecule has 0 heterocycles. The summed E-state index contributed by atoms with van der Waals surface area (Å²) in [6.07, 6.45) is 0. The number of anilines is 1. The first-order valence-corrected chi connectivity index (χ1v) is 9.26. The first kappa shape index (κ1) is 18.4. The molecule has 0 fully saturated rings. The van der Waals surface area contributed by atoms with Crippen molar-refractivity contribution in [2.75, 3.05) is 12.4 Å². The Morgan fingerprint density at radius 3 is 2.33 bits per heavy atom. The Balaban J connectivity index is 2.36. The van der Waals surface area contributed by atoms with Gasteiger partial charge in [0.05, 0.1) is 9.82 Å². The first-order valence-electron chi connectivity index (χ1n) is 6.98. The molecule has 0 saturated heterocycles. The second kappa shape index (κ2) is 7.29. The van der Waals surface area contributed by atoms with Crippen LogP contribution in [-0.4, -0.2) is 20.4 Å². The van der Waals surface area contributed by atoms with Crippen molar-refractivity contribution in [3.63, 3.8) is 0 Å². The van der Waals surface area contributed by atoms with Crippen LogP contribution < -0.4 is 10.0 Å². The van der Waals surface area contributed by atoms with Crippen LogP contribution in [0.3, 0.4) is 0 Å². The van der Waals surface area contributed by atoms with Crippen molar-refractivity contribution >= 4 is 37.3 Å². The summed E-state index contributed by atoms with van der Waals surface area (Å²) >= 11 is 3.35. The summed E-state index contributed by atoms with van der Waals surface area (Å²) in [5.74, 6) is 0. The molecule has 0 aliphatic rings. The van der Waals surface area contributed by atoms with Crippen molar-refractivity contribution < 1.29 is 13.3 Å². The summed E-state index contributed by atoms with van der Waals surface area (Å²) in [4.78, 5) is 10.5.